The van der Waals surface area contributed by atoms with Crippen LogP contribution in [0.1, 0.15) is 27.7 Å². The zero-order valence-corrected chi connectivity index (χ0v) is 10.2. The number of rotatable bonds is 4. The summed E-state index contributed by atoms with van der Waals surface area (Å²) in [6, 6.07) is 0.0617. The summed E-state index contributed by atoms with van der Waals surface area (Å²) >= 11 is 5.78. The second-order valence-corrected chi connectivity index (χ2v) is 4.35. The molecule has 0 N–H and O–H groups in total. The first-order chi connectivity index (χ1) is 6.35. The first-order valence-electron chi connectivity index (χ1n) is 4.57. The molecule has 0 fully saturated rings. The van der Waals surface area contributed by atoms with E-state index in [9.17, 15) is 4.79 Å². The smallest absolute Gasteiger partial charge is 0.352 e. The van der Waals surface area contributed by atoms with Crippen LogP contribution < -0.4 is 0 Å². The topological polar surface area (TPSA) is 38.7 Å². The van der Waals surface area contributed by atoms with Gasteiger partial charge in [-0.15, -0.1) is 11.6 Å². The van der Waals surface area contributed by atoms with Crippen molar-refractivity contribution in [2.24, 2.45) is 10.4 Å². The zero-order chi connectivity index (χ0) is 11.4. The summed E-state index contributed by atoms with van der Waals surface area (Å²) in [6.07, 6.45) is 0. The van der Waals surface area contributed by atoms with Gasteiger partial charge >= 0.3 is 5.97 Å². The van der Waals surface area contributed by atoms with Crippen LogP contribution in [0.4, 0.5) is 0 Å². The lowest BCUT2D eigenvalue weighted by Gasteiger charge is -2.22. The van der Waals surface area contributed by atoms with Gasteiger partial charge in [0.2, 0.25) is 0 Å². The van der Waals surface area contributed by atoms with Gasteiger partial charge in [0.15, 0.2) is 0 Å². The van der Waals surface area contributed by atoms with Crippen LogP contribution in [-0.2, 0) is 9.53 Å². The van der Waals surface area contributed by atoms with Crippen molar-refractivity contribution in [1.82, 2.24) is 0 Å². The molecule has 0 spiro atoms. The SMILES string of the molecule is COC(=O)C(=NC(C)C)C(C)(C)CCl. The Morgan fingerprint density at radius 2 is 2.00 bits per heavy atom. The first kappa shape index (κ1) is 13.4. The van der Waals surface area contributed by atoms with Crippen molar-refractivity contribution < 1.29 is 9.53 Å². The van der Waals surface area contributed by atoms with Crippen molar-refractivity contribution in [3.05, 3.63) is 0 Å². The molecular weight excluding hydrogens is 202 g/mol. The molecule has 0 aliphatic carbocycles. The molecule has 0 saturated carbocycles. The van der Waals surface area contributed by atoms with Gasteiger partial charge in [0.05, 0.1) is 7.11 Å². The fourth-order valence-corrected chi connectivity index (χ4v) is 1.05. The van der Waals surface area contributed by atoms with E-state index in [0.717, 1.165) is 0 Å². The molecular formula is C10H18ClNO2. The number of aliphatic imine (C=N–C) groups is 1. The van der Waals surface area contributed by atoms with Crippen molar-refractivity contribution in [3.63, 3.8) is 0 Å². The Morgan fingerprint density at radius 3 is 2.29 bits per heavy atom. The summed E-state index contributed by atoms with van der Waals surface area (Å²) < 4.78 is 4.67. The second kappa shape index (κ2) is 5.35. The molecule has 0 heterocycles. The van der Waals surface area contributed by atoms with Crippen molar-refractivity contribution >= 4 is 23.3 Å². The first-order valence-corrected chi connectivity index (χ1v) is 5.11. The Bertz CT molecular complexity index is 234. The van der Waals surface area contributed by atoms with Crippen molar-refractivity contribution in [2.45, 2.75) is 33.7 Å². The van der Waals surface area contributed by atoms with Crippen LogP contribution in [0, 0.1) is 5.41 Å². The number of hydrogen-bond donors (Lipinski definition) is 0. The number of alkyl halides is 1. The highest BCUT2D eigenvalue weighted by atomic mass is 35.5. The molecule has 3 nitrogen and oxygen atoms in total. The third kappa shape index (κ3) is 3.66. The standard InChI is InChI=1S/C10H18ClNO2/c1-7(2)12-8(9(13)14-5)10(3,4)6-11/h7H,6H2,1-5H3. The summed E-state index contributed by atoms with van der Waals surface area (Å²) in [5.41, 5.74) is -0.0381. The van der Waals surface area contributed by atoms with E-state index in [4.69, 9.17) is 11.6 Å². The van der Waals surface area contributed by atoms with Gasteiger partial charge in [-0.25, -0.2) is 4.79 Å². The van der Waals surface area contributed by atoms with Gasteiger partial charge in [-0.1, -0.05) is 13.8 Å². The van der Waals surface area contributed by atoms with Gasteiger partial charge in [0, 0.05) is 17.3 Å². The molecule has 0 rings (SSSR count). The van der Waals surface area contributed by atoms with Crippen LogP contribution in [-0.4, -0.2) is 30.7 Å². The average Bonchev–Trinajstić information content (AvgIpc) is 2.12. The Morgan fingerprint density at radius 1 is 1.50 bits per heavy atom. The minimum Gasteiger partial charge on any atom is -0.465 e. The Kier molecular flexibility index (Phi) is 5.13. The number of nitrogens with zero attached hydrogens (tertiary/aromatic N) is 1. The monoisotopic (exact) mass is 219 g/mol. The highest BCUT2D eigenvalue weighted by molar-refractivity contribution is 6.40. The van der Waals surface area contributed by atoms with E-state index in [1.54, 1.807) is 0 Å². The van der Waals surface area contributed by atoms with Crippen molar-refractivity contribution in [2.75, 3.05) is 13.0 Å². The van der Waals surface area contributed by atoms with E-state index < -0.39 is 11.4 Å². The quantitative estimate of drug-likeness (QED) is 0.413. The minimum absolute atomic E-state index is 0.0617. The maximum absolute atomic E-state index is 11.4. The maximum Gasteiger partial charge on any atom is 0.352 e. The summed E-state index contributed by atoms with van der Waals surface area (Å²) in [4.78, 5) is 15.7. The Hall–Kier alpha value is -0.570. The zero-order valence-electron chi connectivity index (χ0n) is 9.43. The van der Waals surface area contributed by atoms with Gasteiger partial charge in [-0.3, -0.25) is 4.99 Å². The van der Waals surface area contributed by atoms with Gasteiger partial charge in [0.25, 0.3) is 0 Å². The molecule has 0 aliphatic rings. The van der Waals surface area contributed by atoms with Crippen LogP contribution in [0.5, 0.6) is 0 Å². The van der Waals surface area contributed by atoms with E-state index in [0.29, 0.717) is 11.6 Å². The summed E-state index contributed by atoms with van der Waals surface area (Å²) in [5, 5.41) is 0. The lowest BCUT2D eigenvalue weighted by atomic mass is 9.89. The van der Waals surface area contributed by atoms with Crippen LogP contribution in [0.25, 0.3) is 0 Å². The predicted octanol–water partition coefficient (Wildman–Crippen LogP) is 2.27. The largest absolute Gasteiger partial charge is 0.465 e. The molecule has 0 radical (unpaired) electrons. The van der Waals surface area contributed by atoms with Crippen molar-refractivity contribution in [3.8, 4) is 0 Å². The summed E-state index contributed by atoms with van der Waals surface area (Å²) in [5.74, 6) is -0.0578. The van der Waals surface area contributed by atoms with E-state index >= 15 is 0 Å². The molecule has 0 aromatic rings. The maximum atomic E-state index is 11.4. The second-order valence-electron chi connectivity index (χ2n) is 4.08. The lowest BCUT2D eigenvalue weighted by molar-refractivity contribution is -0.133. The normalized spacial score (nSPS) is 13.2. The molecule has 0 aromatic heterocycles. The number of methoxy groups -OCH3 is 1. The Balaban J connectivity index is 5.01. The molecule has 0 aromatic carbocycles. The molecule has 0 aliphatic heterocycles. The van der Waals surface area contributed by atoms with E-state index in [-0.39, 0.29) is 6.04 Å². The van der Waals surface area contributed by atoms with E-state index in [2.05, 4.69) is 9.73 Å². The summed E-state index contributed by atoms with van der Waals surface area (Å²) in [6.45, 7) is 7.57. The molecule has 0 unspecified atom stereocenters. The Labute approximate surface area is 90.5 Å². The number of halogens is 1. The van der Waals surface area contributed by atoms with Gasteiger partial charge in [-0.05, 0) is 13.8 Å². The fraction of sp³-hybridized carbons (Fsp3) is 0.800. The highest BCUT2D eigenvalue weighted by Gasteiger charge is 2.30. The molecule has 0 saturated heterocycles. The van der Waals surface area contributed by atoms with Gasteiger partial charge in [0.1, 0.15) is 5.71 Å². The van der Waals surface area contributed by atoms with Crippen molar-refractivity contribution in [1.29, 1.82) is 0 Å². The third-order valence-electron chi connectivity index (χ3n) is 1.74. The average molecular weight is 220 g/mol. The van der Waals surface area contributed by atoms with Gasteiger partial charge in [-0.2, -0.15) is 0 Å². The van der Waals surface area contributed by atoms with Crippen LogP contribution >= 0.6 is 11.6 Å². The number of carbonyl (C=O) groups excluding carboxylic acids is 1. The predicted molar refractivity (Wildman–Crippen MR) is 59.1 cm³/mol. The van der Waals surface area contributed by atoms with Crippen LogP contribution in [0.2, 0.25) is 0 Å². The van der Waals surface area contributed by atoms with Crippen LogP contribution in [0.3, 0.4) is 0 Å². The van der Waals surface area contributed by atoms with Crippen LogP contribution in [0.15, 0.2) is 4.99 Å². The van der Waals surface area contributed by atoms with Gasteiger partial charge < -0.3 is 4.74 Å². The number of esters is 1. The highest BCUT2D eigenvalue weighted by Crippen LogP contribution is 2.21. The molecule has 0 bridgehead atoms. The molecule has 14 heavy (non-hydrogen) atoms. The molecule has 82 valence electrons. The minimum atomic E-state index is -0.446. The lowest BCUT2D eigenvalue weighted by Crippen LogP contribution is -2.34. The van der Waals surface area contributed by atoms with E-state index in [1.165, 1.54) is 7.11 Å². The number of carbonyl (C=O) groups is 1. The molecule has 4 heteroatoms. The van der Waals surface area contributed by atoms with E-state index in [1.807, 2.05) is 27.7 Å². The number of hydrogen-bond acceptors (Lipinski definition) is 3. The molecule has 0 atom stereocenters. The fourth-order valence-electron chi connectivity index (χ4n) is 0.922. The number of ether oxygens (including phenoxy) is 1. The molecule has 0 amide bonds. The third-order valence-corrected chi connectivity index (χ3v) is 2.41. The summed E-state index contributed by atoms with van der Waals surface area (Å²) in [7, 11) is 1.35.